The van der Waals surface area contributed by atoms with E-state index >= 15 is 0 Å². The average molecular weight is 295 g/mol. The van der Waals surface area contributed by atoms with Crippen LogP contribution in [0, 0.1) is 5.92 Å². The SMILES string of the molecule is CN(Cc1ccoc1)C(=O)NCC1CCN(CCO)CC1. The molecule has 2 heterocycles. The fraction of sp³-hybridized carbons (Fsp3) is 0.667. The van der Waals surface area contributed by atoms with Crippen molar-refractivity contribution < 1.29 is 14.3 Å². The molecule has 1 aliphatic rings. The summed E-state index contributed by atoms with van der Waals surface area (Å²) in [5.41, 5.74) is 0.991. The first-order chi connectivity index (χ1) is 10.2. The van der Waals surface area contributed by atoms with Crippen molar-refractivity contribution in [2.75, 3.05) is 39.8 Å². The minimum Gasteiger partial charge on any atom is -0.472 e. The van der Waals surface area contributed by atoms with Gasteiger partial charge in [-0.15, -0.1) is 0 Å². The number of nitrogens with zero attached hydrogens (tertiary/aromatic N) is 2. The lowest BCUT2D eigenvalue weighted by atomic mass is 9.97. The van der Waals surface area contributed by atoms with E-state index in [4.69, 9.17) is 9.52 Å². The molecule has 1 aromatic rings. The maximum atomic E-state index is 12.0. The Balaban J connectivity index is 1.65. The second-order valence-electron chi connectivity index (χ2n) is 5.68. The molecule has 2 N–H and O–H groups in total. The number of hydrogen-bond donors (Lipinski definition) is 2. The number of hydrogen-bond acceptors (Lipinski definition) is 4. The van der Waals surface area contributed by atoms with E-state index in [9.17, 15) is 4.79 Å². The number of β-amino-alcohol motifs (C(OH)–C–C–N with tert-alkyl or cyclic N) is 1. The van der Waals surface area contributed by atoms with Crippen LogP contribution in [0.4, 0.5) is 4.79 Å². The van der Waals surface area contributed by atoms with Crippen LogP contribution < -0.4 is 5.32 Å². The van der Waals surface area contributed by atoms with Gasteiger partial charge in [-0.3, -0.25) is 0 Å². The van der Waals surface area contributed by atoms with Crippen LogP contribution in [0.1, 0.15) is 18.4 Å². The summed E-state index contributed by atoms with van der Waals surface area (Å²) in [6.07, 6.45) is 5.42. The minimum atomic E-state index is -0.0472. The largest absolute Gasteiger partial charge is 0.472 e. The average Bonchev–Trinajstić information content (AvgIpc) is 2.99. The number of rotatable bonds is 6. The smallest absolute Gasteiger partial charge is 0.317 e. The van der Waals surface area contributed by atoms with Gasteiger partial charge in [-0.25, -0.2) is 4.79 Å². The van der Waals surface area contributed by atoms with Crippen LogP contribution in [0.15, 0.2) is 23.0 Å². The number of amides is 2. The zero-order valence-electron chi connectivity index (χ0n) is 12.6. The number of likely N-dealkylation sites (tertiary alicyclic amines) is 1. The summed E-state index contributed by atoms with van der Waals surface area (Å²) in [6, 6.07) is 1.81. The van der Waals surface area contributed by atoms with Gasteiger partial charge in [0.1, 0.15) is 0 Å². The summed E-state index contributed by atoms with van der Waals surface area (Å²) < 4.78 is 5.00. The highest BCUT2D eigenvalue weighted by atomic mass is 16.3. The predicted molar refractivity (Wildman–Crippen MR) is 79.8 cm³/mol. The topological polar surface area (TPSA) is 69.0 Å². The third-order valence-electron chi connectivity index (χ3n) is 4.01. The predicted octanol–water partition coefficient (Wildman–Crippen LogP) is 1.13. The van der Waals surface area contributed by atoms with Gasteiger partial charge in [0.2, 0.25) is 0 Å². The summed E-state index contributed by atoms with van der Waals surface area (Å²) in [5, 5.41) is 11.9. The van der Waals surface area contributed by atoms with E-state index in [1.54, 1.807) is 24.5 Å². The minimum absolute atomic E-state index is 0.0472. The normalized spacial score (nSPS) is 16.9. The molecule has 6 heteroatoms. The molecule has 0 bridgehead atoms. The molecule has 2 rings (SSSR count). The van der Waals surface area contributed by atoms with Crippen molar-refractivity contribution in [2.45, 2.75) is 19.4 Å². The van der Waals surface area contributed by atoms with E-state index in [0.717, 1.165) is 44.6 Å². The van der Waals surface area contributed by atoms with Gasteiger partial charge in [0.15, 0.2) is 0 Å². The lowest BCUT2D eigenvalue weighted by Crippen LogP contribution is -2.42. The Kier molecular flexibility index (Phi) is 6.07. The Hall–Kier alpha value is -1.53. The molecule has 0 atom stereocenters. The highest BCUT2D eigenvalue weighted by molar-refractivity contribution is 5.73. The number of furan rings is 1. The van der Waals surface area contributed by atoms with Gasteiger partial charge >= 0.3 is 6.03 Å². The Morgan fingerprint density at radius 1 is 1.52 bits per heavy atom. The third-order valence-corrected chi connectivity index (χ3v) is 4.01. The number of carbonyl (C=O) groups excluding carboxylic acids is 1. The van der Waals surface area contributed by atoms with Gasteiger partial charge < -0.3 is 24.6 Å². The van der Waals surface area contributed by atoms with E-state index in [1.165, 1.54) is 0 Å². The molecule has 118 valence electrons. The van der Waals surface area contributed by atoms with Gasteiger partial charge in [-0.2, -0.15) is 0 Å². The molecule has 1 fully saturated rings. The van der Waals surface area contributed by atoms with Crippen molar-refractivity contribution in [3.05, 3.63) is 24.2 Å². The molecule has 1 saturated heterocycles. The van der Waals surface area contributed by atoms with Crippen LogP contribution >= 0.6 is 0 Å². The molecule has 0 aliphatic carbocycles. The molecule has 2 amide bonds. The summed E-state index contributed by atoms with van der Waals surface area (Å²) in [6.45, 7) is 4.27. The summed E-state index contributed by atoms with van der Waals surface area (Å²) in [5.74, 6) is 0.534. The van der Waals surface area contributed by atoms with Crippen LogP contribution in [-0.2, 0) is 6.54 Å². The summed E-state index contributed by atoms with van der Waals surface area (Å²) in [4.78, 5) is 15.9. The number of nitrogens with one attached hydrogen (secondary N) is 1. The number of urea groups is 1. The van der Waals surface area contributed by atoms with Crippen molar-refractivity contribution >= 4 is 6.03 Å². The van der Waals surface area contributed by atoms with Gasteiger partial charge in [0.05, 0.1) is 25.7 Å². The number of piperidine rings is 1. The summed E-state index contributed by atoms with van der Waals surface area (Å²) in [7, 11) is 1.78. The molecule has 0 aromatic carbocycles. The monoisotopic (exact) mass is 295 g/mol. The van der Waals surface area contributed by atoms with Gasteiger partial charge in [0.25, 0.3) is 0 Å². The Morgan fingerprint density at radius 3 is 2.90 bits per heavy atom. The van der Waals surface area contributed by atoms with Crippen molar-refractivity contribution in [2.24, 2.45) is 5.92 Å². The highest BCUT2D eigenvalue weighted by Gasteiger charge is 2.19. The second kappa shape index (κ2) is 8.05. The highest BCUT2D eigenvalue weighted by Crippen LogP contribution is 2.16. The Labute approximate surface area is 125 Å². The lowest BCUT2D eigenvalue weighted by Gasteiger charge is -2.31. The number of aliphatic hydroxyl groups is 1. The van der Waals surface area contributed by atoms with Crippen molar-refractivity contribution in [3.8, 4) is 0 Å². The molecule has 0 radical (unpaired) electrons. The van der Waals surface area contributed by atoms with Crippen LogP contribution in [-0.4, -0.2) is 60.8 Å². The molecular formula is C15H25N3O3. The maximum Gasteiger partial charge on any atom is 0.317 e. The lowest BCUT2D eigenvalue weighted by molar-refractivity contribution is 0.145. The molecule has 0 saturated carbocycles. The molecule has 0 unspecified atom stereocenters. The van der Waals surface area contributed by atoms with Crippen LogP contribution in [0.5, 0.6) is 0 Å². The molecule has 1 aliphatic heterocycles. The second-order valence-corrected chi connectivity index (χ2v) is 5.68. The van der Waals surface area contributed by atoms with Crippen molar-refractivity contribution in [3.63, 3.8) is 0 Å². The van der Waals surface area contributed by atoms with Crippen molar-refractivity contribution in [1.82, 2.24) is 15.1 Å². The molecule has 21 heavy (non-hydrogen) atoms. The van der Waals surface area contributed by atoms with Gasteiger partial charge in [-0.1, -0.05) is 0 Å². The molecular weight excluding hydrogens is 270 g/mol. The van der Waals surface area contributed by atoms with Crippen LogP contribution in [0.25, 0.3) is 0 Å². The zero-order valence-corrected chi connectivity index (χ0v) is 12.6. The van der Waals surface area contributed by atoms with Crippen LogP contribution in [0.3, 0.4) is 0 Å². The van der Waals surface area contributed by atoms with E-state index in [2.05, 4.69) is 10.2 Å². The first-order valence-electron chi connectivity index (χ1n) is 7.52. The number of aliphatic hydroxyl groups excluding tert-OH is 1. The Bertz CT molecular complexity index is 414. The number of carbonyl (C=O) groups is 1. The first-order valence-corrected chi connectivity index (χ1v) is 7.52. The van der Waals surface area contributed by atoms with Gasteiger partial charge in [0, 0.05) is 25.7 Å². The van der Waals surface area contributed by atoms with E-state index < -0.39 is 0 Å². The van der Waals surface area contributed by atoms with Crippen LogP contribution in [0.2, 0.25) is 0 Å². The van der Waals surface area contributed by atoms with E-state index in [0.29, 0.717) is 12.5 Å². The Morgan fingerprint density at radius 2 is 2.29 bits per heavy atom. The maximum absolute atomic E-state index is 12.0. The summed E-state index contributed by atoms with van der Waals surface area (Å²) >= 11 is 0. The van der Waals surface area contributed by atoms with E-state index in [-0.39, 0.29) is 12.6 Å². The zero-order chi connectivity index (χ0) is 15.1. The van der Waals surface area contributed by atoms with E-state index in [1.807, 2.05) is 6.07 Å². The molecule has 1 aromatic heterocycles. The first kappa shape index (κ1) is 15.9. The molecule has 6 nitrogen and oxygen atoms in total. The van der Waals surface area contributed by atoms with Crippen molar-refractivity contribution in [1.29, 1.82) is 0 Å². The molecule has 0 spiro atoms. The standard InChI is InChI=1S/C15H25N3O3/c1-17(11-14-4-9-21-12-14)15(20)16-10-13-2-5-18(6-3-13)7-8-19/h4,9,12-13,19H,2-3,5-8,10-11H2,1H3,(H,16,20). The fourth-order valence-electron chi connectivity index (χ4n) is 2.65. The third kappa shape index (κ3) is 5.06. The quantitative estimate of drug-likeness (QED) is 0.825. The van der Waals surface area contributed by atoms with Gasteiger partial charge in [-0.05, 0) is 37.9 Å². The fourth-order valence-corrected chi connectivity index (χ4v) is 2.65.